The summed E-state index contributed by atoms with van der Waals surface area (Å²) in [7, 11) is 0. The average molecular weight is 893 g/mol. The van der Waals surface area contributed by atoms with E-state index < -0.39 is 17.9 Å². The minimum atomic E-state index is -0.770. The number of hydrogen-bond acceptors (Lipinski definition) is 9. The Bertz CT molecular complexity index is 1310. The van der Waals surface area contributed by atoms with Crippen LogP contribution in [0.2, 0.25) is 0 Å². The number of alkyl halides is 3. The number of nitrogens with zero attached hydrogens (tertiary/aromatic N) is 3. The highest BCUT2D eigenvalue weighted by Crippen LogP contribution is 2.19. The fraction of sp³-hybridized carbons (Fsp3) is 0.500. The summed E-state index contributed by atoms with van der Waals surface area (Å²) in [5.74, 6) is -0.622. The number of aliphatic hydroxyl groups excluding tert-OH is 3. The summed E-state index contributed by atoms with van der Waals surface area (Å²) in [5, 5.41) is 52.7. The SMILES string of the molecule is O.O.O=C(O)CCCc1ccc(N(CCCl)CCCl)cc1.O=C(O)CCCc1ccc(N(CCO)CCCl)cc1.O=C(O)CCCc1ccc(N(CCO)CCO)cc1. The summed E-state index contributed by atoms with van der Waals surface area (Å²) < 4.78 is 0. The molecule has 0 unspecified atom stereocenters. The number of carbonyl (C=O) groups is 3. The van der Waals surface area contributed by atoms with Crippen LogP contribution >= 0.6 is 34.8 Å². The number of carboxylic acid groups (broad SMARTS) is 3. The predicted molar refractivity (Wildman–Crippen MR) is 238 cm³/mol. The molecular weight excluding hydrogens is 829 g/mol. The second-order valence-electron chi connectivity index (χ2n) is 12.9. The van der Waals surface area contributed by atoms with Gasteiger partial charge in [0, 0.05) is 93.2 Å². The molecule has 0 heterocycles. The lowest BCUT2D eigenvalue weighted by molar-refractivity contribution is -0.138. The molecular formula is C42H64Cl3N3O11. The van der Waals surface area contributed by atoms with Gasteiger partial charge < -0.3 is 56.3 Å². The summed E-state index contributed by atoms with van der Waals surface area (Å²) in [5.41, 5.74) is 6.45. The van der Waals surface area contributed by atoms with Gasteiger partial charge in [-0.15, -0.1) is 34.8 Å². The van der Waals surface area contributed by atoms with Gasteiger partial charge in [-0.1, -0.05) is 36.4 Å². The molecule has 0 saturated heterocycles. The maximum absolute atomic E-state index is 10.4. The molecule has 17 heteroatoms. The largest absolute Gasteiger partial charge is 0.481 e. The zero-order valence-corrected chi connectivity index (χ0v) is 35.9. The van der Waals surface area contributed by atoms with E-state index in [0.717, 1.165) is 66.1 Å². The standard InChI is InChI=1S/C14H19Cl2NO2.C14H20ClNO3.C14H21NO4.2H2O/c15-8-10-17(11-9-16)13-6-4-12(5-7-13)2-1-3-14(18)19;15-8-9-16(10-11-17)13-6-4-12(5-7-13)2-1-3-14(18)19;16-10-8-15(9-11-17)13-6-4-12(5-7-13)2-1-3-14(18)19;;/h4-7H,1-3,8-11H2,(H,18,19);4-7,17H,1-3,8-11H2,(H,18,19);4-7,16-17H,1-3,8-11H2,(H,18,19);2*1H2. The fourth-order valence-electron chi connectivity index (χ4n) is 5.73. The molecule has 0 spiro atoms. The second kappa shape index (κ2) is 36.0. The third-order valence-corrected chi connectivity index (χ3v) is 9.15. The molecule has 0 bridgehead atoms. The maximum Gasteiger partial charge on any atom is 0.303 e. The van der Waals surface area contributed by atoms with Crippen molar-refractivity contribution in [3.05, 3.63) is 89.5 Å². The number of carboxylic acids is 3. The molecule has 59 heavy (non-hydrogen) atoms. The van der Waals surface area contributed by atoms with Crippen molar-refractivity contribution < 1.29 is 56.0 Å². The summed E-state index contributed by atoms with van der Waals surface area (Å²) in [6, 6.07) is 23.9. The minimum absolute atomic E-state index is 0. The molecule has 0 atom stereocenters. The average Bonchev–Trinajstić information content (AvgIpc) is 3.19. The van der Waals surface area contributed by atoms with Crippen molar-refractivity contribution in [1.29, 1.82) is 0 Å². The van der Waals surface area contributed by atoms with E-state index in [9.17, 15) is 14.4 Å². The zero-order chi connectivity index (χ0) is 42.3. The number of aliphatic carboxylic acids is 3. The molecule has 0 aromatic heterocycles. The summed E-state index contributed by atoms with van der Waals surface area (Å²) in [4.78, 5) is 37.4. The highest BCUT2D eigenvalue weighted by atomic mass is 35.5. The topological polar surface area (TPSA) is 245 Å². The number of benzene rings is 3. The lowest BCUT2D eigenvalue weighted by Crippen LogP contribution is -2.29. The van der Waals surface area contributed by atoms with Gasteiger partial charge in [0.1, 0.15) is 0 Å². The number of aryl methyl sites for hydroxylation is 3. The van der Waals surface area contributed by atoms with Crippen LogP contribution in [0.4, 0.5) is 17.1 Å². The third-order valence-electron chi connectivity index (χ3n) is 8.65. The molecule has 3 aromatic rings. The van der Waals surface area contributed by atoms with Crippen molar-refractivity contribution in [2.24, 2.45) is 0 Å². The smallest absolute Gasteiger partial charge is 0.303 e. The fourth-order valence-corrected chi connectivity index (χ4v) is 6.34. The highest BCUT2D eigenvalue weighted by molar-refractivity contribution is 6.18. The Morgan fingerprint density at radius 2 is 0.627 bits per heavy atom. The molecule has 0 amide bonds. The molecule has 0 aliphatic carbocycles. The molecule has 14 nitrogen and oxygen atoms in total. The first kappa shape index (κ1) is 57.2. The van der Waals surface area contributed by atoms with Gasteiger partial charge in [0.15, 0.2) is 0 Å². The first-order chi connectivity index (χ1) is 27.5. The lowest BCUT2D eigenvalue weighted by Gasteiger charge is -2.23. The molecule has 3 rings (SSSR count). The van der Waals surface area contributed by atoms with Gasteiger partial charge in [-0.25, -0.2) is 0 Å². The molecule has 10 N–H and O–H groups in total. The van der Waals surface area contributed by atoms with Gasteiger partial charge in [-0.2, -0.15) is 0 Å². The Morgan fingerprint density at radius 1 is 0.407 bits per heavy atom. The zero-order valence-electron chi connectivity index (χ0n) is 33.7. The van der Waals surface area contributed by atoms with Crippen LogP contribution < -0.4 is 14.7 Å². The van der Waals surface area contributed by atoms with Gasteiger partial charge in [0.25, 0.3) is 0 Å². The van der Waals surface area contributed by atoms with Crippen LogP contribution in [-0.4, -0.2) is 136 Å². The maximum atomic E-state index is 10.4. The van der Waals surface area contributed by atoms with Crippen molar-refractivity contribution in [2.75, 3.05) is 91.4 Å². The van der Waals surface area contributed by atoms with Crippen molar-refractivity contribution in [3.8, 4) is 0 Å². The van der Waals surface area contributed by atoms with Gasteiger partial charge in [0.05, 0.1) is 19.8 Å². The highest BCUT2D eigenvalue weighted by Gasteiger charge is 2.08. The number of rotatable bonds is 27. The van der Waals surface area contributed by atoms with Crippen LogP contribution in [0.25, 0.3) is 0 Å². The monoisotopic (exact) mass is 891 g/mol. The summed E-state index contributed by atoms with van der Waals surface area (Å²) in [6.45, 7) is 3.95. The van der Waals surface area contributed by atoms with E-state index in [1.807, 2.05) is 82.6 Å². The van der Waals surface area contributed by atoms with E-state index in [1.165, 1.54) is 0 Å². The Hall–Kier alpha value is -3.86. The Kier molecular flexibility index (Phi) is 35.0. The van der Waals surface area contributed by atoms with Crippen LogP contribution in [-0.2, 0) is 33.6 Å². The molecule has 0 radical (unpaired) electrons. The van der Waals surface area contributed by atoms with Crippen molar-refractivity contribution >= 4 is 69.8 Å². The van der Waals surface area contributed by atoms with E-state index >= 15 is 0 Å². The molecule has 0 aliphatic heterocycles. The second-order valence-corrected chi connectivity index (χ2v) is 14.1. The van der Waals surface area contributed by atoms with E-state index in [0.29, 0.717) is 63.1 Å². The van der Waals surface area contributed by atoms with Crippen molar-refractivity contribution in [2.45, 2.75) is 57.8 Å². The van der Waals surface area contributed by atoms with Crippen LogP contribution in [0.15, 0.2) is 72.8 Å². The normalized spacial score (nSPS) is 10.1. The predicted octanol–water partition coefficient (Wildman–Crippen LogP) is 4.74. The summed E-state index contributed by atoms with van der Waals surface area (Å²) in [6.07, 6.45) is 4.84. The minimum Gasteiger partial charge on any atom is -0.481 e. The van der Waals surface area contributed by atoms with Crippen LogP contribution in [0.1, 0.15) is 55.2 Å². The summed E-state index contributed by atoms with van der Waals surface area (Å²) >= 11 is 17.3. The Labute approximate surface area is 363 Å². The first-order valence-electron chi connectivity index (χ1n) is 19.2. The number of halogens is 3. The Balaban J connectivity index is 0. The lowest BCUT2D eigenvalue weighted by atomic mass is 10.1. The van der Waals surface area contributed by atoms with Crippen LogP contribution in [0.5, 0.6) is 0 Å². The van der Waals surface area contributed by atoms with Crippen LogP contribution in [0, 0.1) is 0 Å². The van der Waals surface area contributed by atoms with Crippen molar-refractivity contribution in [3.63, 3.8) is 0 Å². The van der Waals surface area contributed by atoms with Crippen LogP contribution in [0.3, 0.4) is 0 Å². The van der Waals surface area contributed by atoms with E-state index in [4.69, 9.17) is 65.4 Å². The number of hydrogen-bond donors (Lipinski definition) is 6. The van der Waals surface area contributed by atoms with Gasteiger partial charge in [-0.05, 0) is 91.6 Å². The Morgan fingerprint density at radius 3 is 0.831 bits per heavy atom. The van der Waals surface area contributed by atoms with E-state index in [2.05, 4.69) is 4.90 Å². The van der Waals surface area contributed by atoms with Gasteiger partial charge in [0.2, 0.25) is 0 Å². The quantitative estimate of drug-likeness (QED) is 0.0569. The van der Waals surface area contributed by atoms with Gasteiger partial charge >= 0.3 is 17.9 Å². The molecule has 0 aliphatic rings. The van der Waals surface area contributed by atoms with E-state index in [1.54, 1.807) is 0 Å². The molecule has 334 valence electrons. The number of aliphatic hydroxyl groups is 3. The molecule has 0 saturated carbocycles. The third kappa shape index (κ3) is 26.8. The number of anilines is 3. The van der Waals surface area contributed by atoms with E-state index in [-0.39, 0.29) is 50.0 Å². The molecule has 3 aromatic carbocycles. The first-order valence-corrected chi connectivity index (χ1v) is 20.8. The van der Waals surface area contributed by atoms with Crippen molar-refractivity contribution in [1.82, 2.24) is 0 Å². The molecule has 0 fully saturated rings. The van der Waals surface area contributed by atoms with Gasteiger partial charge in [-0.3, -0.25) is 14.4 Å².